The van der Waals surface area contributed by atoms with Gasteiger partial charge in [0.05, 0.1) is 0 Å². The van der Waals surface area contributed by atoms with E-state index in [4.69, 9.17) is 5.11 Å². The third-order valence-electron chi connectivity index (χ3n) is 3.33. The fraction of sp³-hybridized carbons (Fsp3) is 1.00. The zero-order valence-corrected chi connectivity index (χ0v) is 8.64. The molecule has 0 saturated heterocycles. The Kier molecular flexibility index (Phi) is 4.98. The van der Waals surface area contributed by atoms with E-state index in [0.717, 1.165) is 5.92 Å². The number of aliphatic hydroxyl groups is 1. The smallest absolute Gasteiger partial charge is 0.0459 e. The molecule has 0 bridgehead atoms. The molecule has 0 aliphatic heterocycles. The third kappa shape index (κ3) is 3.68. The highest BCUT2D eigenvalue weighted by Crippen LogP contribution is 2.39. The van der Waals surface area contributed by atoms with Crippen LogP contribution in [0.5, 0.6) is 0 Å². The summed E-state index contributed by atoms with van der Waals surface area (Å²) in [4.78, 5) is 0. The van der Waals surface area contributed by atoms with Crippen molar-refractivity contribution in [2.75, 3.05) is 6.61 Å². The van der Waals surface area contributed by atoms with Gasteiger partial charge in [0, 0.05) is 6.61 Å². The summed E-state index contributed by atoms with van der Waals surface area (Å²) in [6, 6.07) is 0. The lowest BCUT2D eigenvalue weighted by atomic mass is 9.70. The first-order chi connectivity index (χ1) is 5.54. The summed E-state index contributed by atoms with van der Waals surface area (Å²) in [6.45, 7) is 7.39. The maximum atomic E-state index is 8.98. The second-order valence-corrected chi connectivity index (χ2v) is 5.27. The Hall–Kier alpha value is -0.0400. The summed E-state index contributed by atoms with van der Waals surface area (Å²) >= 11 is 0. The van der Waals surface area contributed by atoms with Crippen LogP contribution in [0.1, 0.15) is 53.9 Å². The van der Waals surface area contributed by atoms with Gasteiger partial charge in [-0.2, -0.15) is 0 Å². The molecular formula is C12H26O. The number of hydrogen-bond donors (Lipinski definition) is 1. The van der Waals surface area contributed by atoms with E-state index in [1.807, 2.05) is 0 Å². The van der Waals surface area contributed by atoms with Crippen molar-refractivity contribution in [1.82, 2.24) is 0 Å². The molecule has 1 fully saturated rings. The maximum Gasteiger partial charge on any atom is 0.0459 e. The minimum Gasteiger partial charge on any atom is -0.396 e. The molecule has 13 heavy (non-hydrogen) atoms. The molecule has 0 aromatic heterocycles. The maximum absolute atomic E-state index is 8.98. The van der Waals surface area contributed by atoms with E-state index in [-0.39, 0.29) is 7.43 Å². The molecule has 0 spiro atoms. The molecule has 0 aromatic carbocycles. The molecule has 1 heteroatoms. The van der Waals surface area contributed by atoms with Crippen molar-refractivity contribution in [3.05, 3.63) is 0 Å². The van der Waals surface area contributed by atoms with E-state index in [1.54, 1.807) is 0 Å². The van der Waals surface area contributed by atoms with E-state index in [1.165, 1.54) is 25.7 Å². The highest BCUT2D eigenvalue weighted by molar-refractivity contribution is 4.80. The first kappa shape index (κ1) is 13.0. The predicted molar refractivity (Wildman–Crippen MR) is 58.7 cm³/mol. The van der Waals surface area contributed by atoms with Crippen LogP contribution < -0.4 is 0 Å². The second-order valence-electron chi connectivity index (χ2n) is 5.27. The normalized spacial score (nSPS) is 29.5. The molecule has 0 atom stereocenters. The molecule has 0 radical (unpaired) electrons. The van der Waals surface area contributed by atoms with Crippen molar-refractivity contribution in [3.8, 4) is 0 Å². The van der Waals surface area contributed by atoms with Crippen LogP contribution in [-0.2, 0) is 0 Å². The van der Waals surface area contributed by atoms with E-state index in [2.05, 4.69) is 20.8 Å². The molecule has 1 aliphatic rings. The molecule has 1 N–H and O–H groups in total. The van der Waals surface area contributed by atoms with E-state index >= 15 is 0 Å². The Balaban J connectivity index is 0.00000144. The zero-order valence-electron chi connectivity index (χ0n) is 8.64. The molecule has 0 amide bonds. The van der Waals surface area contributed by atoms with Crippen LogP contribution >= 0.6 is 0 Å². The van der Waals surface area contributed by atoms with Gasteiger partial charge in [-0.3, -0.25) is 0 Å². The van der Waals surface area contributed by atoms with Gasteiger partial charge >= 0.3 is 0 Å². The summed E-state index contributed by atoms with van der Waals surface area (Å²) in [7, 11) is 0. The Labute approximate surface area is 83.5 Å². The molecular weight excluding hydrogens is 160 g/mol. The Morgan fingerprint density at radius 3 is 1.85 bits per heavy atom. The molecule has 0 unspecified atom stereocenters. The second kappa shape index (κ2) is 4.99. The van der Waals surface area contributed by atoms with Crippen molar-refractivity contribution in [2.45, 2.75) is 53.9 Å². The summed E-state index contributed by atoms with van der Waals surface area (Å²) < 4.78 is 0. The molecule has 1 rings (SSSR count). The monoisotopic (exact) mass is 186 g/mol. The first-order valence-corrected chi connectivity index (χ1v) is 5.15. The average Bonchev–Trinajstić information content (AvgIpc) is 2.03. The Morgan fingerprint density at radius 1 is 1.08 bits per heavy atom. The van der Waals surface area contributed by atoms with Crippen molar-refractivity contribution in [3.63, 3.8) is 0 Å². The minimum atomic E-state index is 0. The largest absolute Gasteiger partial charge is 0.396 e. The van der Waals surface area contributed by atoms with Gasteiger partial charge in [-0.1, -0.05) is 28.2 Å². The molecule has 80 valence electrons. The van der Waals surface area contributed by atoms with Gasteiger partial charge in [-0.15, -0.1) is 0 Å². The van der Waals surface area contributed by atoms with Crippen molar-refractivity contribution >= 4 is 0 Å². The zero-order chi connectivity index (χ0) is 9.19. The van der Waals surface area contributed by atoms with Gasteiger partial charge in [-0.05, 0) is 42.9 Å². The first-order valence-electron chi connectivity index (χ1n) is 5.15. The van der Waals surface area contributed by atoms with Gasteiger partial charge in [0.25, 0.3) is 0 Å². The number of rotatable bonds is 1. The van der Waals surface area contributed by atoms with Crippen LogP contribution in [0.15, 0.2) is 0 Å². The van der Waals surface area contributed by atoms with E-state index < -0.39 is 0 Å². The van der Waals surface area contributed by atoms with Crippen LogP contribution in [0, 0.1) is 17.3 Å². The highest BCUT2D eigenvalue weighted by atomic mass is 16.3. The van der Waals surface area contributed by atoms with Crippen LogP contribution in [0.4, 0.5) is 0 Å². The lowest BCUT2D eigenvalue weighted by Gasteiger charge is -2.36. The Bertz CT molecular complexity index is 127. The summed E-state index contributed by atoms with van der Waals surface area (Å²) in [5, 5.41) is 8.98. The molecule has 1 saturated carbocycles. The van der Waals surface area contributed by atoms with Gasteiger partial charge in [0.15, 0.2) is 0 Å². The average molecular weight is 186 g/mol. The number of aliphatic hydroxyl groups excluding tert-OH is 1. The molecule has 1 nitrogen and oxygen atoms in total. The van der Waals surface area contributed by atoms with Crippen LogP contribution in [-0.4, -0.2) is 11.7 Å². The predicted octanol–water partition coefficient (Wildman–Crippen LogP) is 3.47. The van der Waals surface area contributed by atoms with E-state index in [0.29, 0.717) is 17.9 Å². The number of hydrogen-bond acceptors (Lipinski definition) is 1. The molecule has 1 aliphatic carbocycles. The van der Waals surface area contributed by atoms with E-state index in [9.17, 15) is 0 Å². The van der Waals surface area contributed by atoms with Gasteiger partial charge in [0.2, 0.25) is 0 Å². The van der Waals surface area contributed by atoms with Crippen molar-refractivity contribution in [2.24, 2.45) is 17.3 Å². The fourth-order valence-corrected chi connectivity index (χ4v) is 2.21. The van der Waals surface area contributed by atoms with Crippen molar-refractivity contribution < 1.29 is 5.11 Å². The third-order valence-corrected chi connectivity index (χ3v) is 3.33. The van der Waals surface area contributed by atoms with Gasteiger partial charge < -0.3 is 5.11 Å². The summed E-state index contributed by atoms with van der Waals surface area (Å²) in [5.74, 6) is 1.48. The summed E-state index contributed by atoms with van der Waals surface area (Å²) in [6.07, 6.45) is 5.10. The topological polar surface area (TPSA) is 20.2 Å². The SMILES string of the molecule is C.CC(C)(C)C1CCC(CO)CC1. The lowest BCUT2D eigenvalue weighted by molar-refractivity contribution is 0.114. The molecule has 0 aromatic rings. The fourth-order valence-electron chi connectivity index (χ4n) is 2.21. The van der Waals surface area contributed by atoms with Crippen LogP contribution in [0.3, 0.4) is 0 Å². The van der Waals surface area contributed by atoms with Crippen LogP contribution in [0.25, 0.3) is 0 Å². The van der Waals surface area contributed by atoms with Crippen LogP contribution in [0.2, 0.25) is 0 Å². The van der Waals surface area contributed by atoms with Gasteiger partial charge in [-0.25, -0.2) is 0 Å². The molecule has 0 heterocycles. The standard InChI is InChI=1S/C11H22O.CH4/c1-11(2,3)10-6-4-9(8-12)5-7-10;/h9-10,12H,4-8H2,1-3H3;1H4. The van der Waals surface area contributed by atoms with Crippen molar-refractivity contribution in [1.29, 1.82) is 0 Å². The highest BCUT2D eigenvalue weighted by Gasteiger charge is 2.29. The quantitative estimate of drug-likeness (QED) is 0.665. The van der Waals surface area contributed by atoms with Gasteiger partial charge in [0.1, 0.15) is 0 Å². The minimum absolute atomic E-state index is 0. The lowest BCUT2D eigenvalue weighted by Crippen LogP contribution is -2.26. The summed E-state index contributed by atoms with van der Waals surface area (Å²) in [5.41, 5.74) is 0.473. The Morgan fingerprint density at radius 2 is 1.54 bits per heavy atom.